The van der Waals surface area contributed by atoms with E-state index in [-0.39, 0.29) is 11.2 Å². The molecule has 0 saturated heterocycles. The lowest BCUT2D eigenvalue weighted by Crippen LogP contribution is -2.22. The molecule has 3 rings (SSSR count). The molecule has 1 amide bonds. The van der Waals surface area contributed by atoms with Crippen molar-refractivity contribution in [3.63, 3.8) is 0 Å². The normalized spacial score (nSPS) is 19.0. The molecule has 1 aromatic carbocycles. The zero-order chi connectivity index (χ0) is 11.0. The van der Waals surface area contributed by atoms with Crippen LogP contribution in [0.5, 0.6) is 0 Å². The molecule has 0 spiro atoms. The van der Waals surface area contributed by atoms with Crippen molar-refractivity contribution < 1.29 is 9.21 Å². The zero-order valence-electron chi connectivity index (χ0n) is 8.34. The van der Waals surface area contributed by atoms with Gasteiger partial charge in [0.2, 0.25) is 5.91 Å². The van der Waals surface area contributed by atoms with Crippen molar-refractivity contribution in [2.24, 2.45) is 0 Å². The minimum atomic E-state index is -0.287. The number of carbonyl (C=O) groups excluding carboxylic acids is 1. The van der Waals surface area contributed by atoms with E-state index in [1.165, 1.54) is 11.8 Å². The molecule has 1 aliphatic rings. The highest BCUT2D eigenvalue weighted by Crippen LogP contribution is 2.43. The predicted octanol–water partition coefficient (Wildman–Crippen LogP) is 3.07. The van der Waals surface area contributed by atoms with E-state index in [1.54, 1.807) is 12.3 Å². The molecule has 0 bridgehead atoms. The molecule has 0 radical (unpaired) electrons. The number of hydrogen-bond donors (Lipinski definition) is 1. The van der Waals surface area contributed by atoms with Gasteiger partial charge in [0.1, 0.15) is 11.0 Å². The second-order valence-corrected chi connectivity index (χ2v) is 4.65. The monoisotopic (exact) mass is 231 g/mol. The number of para-hydroxylation sites is 1. The average molecular weight is 231 g/mol. The van der Waals surface area contributed by atoms with Gasteiger partial charge in [0.15, 0.2) is 0 Å². The van der Waals surface area contributed by atoms with Gasteiger partial charge in [-0.15, -0.1) is 11.8 Å². The Hall–Kier alpha value is -1.68. The van der Waals surface area contributed by atoms with Crippen LogP contribution in [0.15, 0.2) is 52.0 Å². The Morgan fingerprint density at radius 2 is 2.06 bits per heavy atom. The van der Waals surface area contributed by atoms with E-state index in [4.69, 9.17) is 4.42 Å². The van der Waals surface area contributed by atoms with Crippen LogP contribution in [0, 0.1) is 0 Å². The second kappa shape index (κ2) is 3.72. The van der Waals surface area contributed by atoms with Crippen molar-refractivity contribution in [2.45, 2.75) is 10.1 Å². The summed E-state index contributed by atoms with van der Waals surface area (Å²) in [5.41, 5.74) is 0.875. The van der Waals surface area contributed by atoms with Crippen molar-refractivity contribution in [2.75, 3.05) is 5.32 Å². The maximum Gasteiger partial charge on any atom is 0.245 e. The van der Waals surface area contributed by atoms with Crippen LogP contribution in [-0.4, -0.2) is 5.91 Å². The zero-order valence-corrected chi connectivity index (χ0v) is 9.16. The van der Waals surface area contributed by atoms with Gasteiger partial charge in [-0.25, -0.2) is 0 Å². The third-order valence-electron chi connectivity index (χ3n) is 2.43. The number of thioether (sulfide) groups is 1. The van der Waals surface area contributed by atoms with Crippen molar-refractivity contribution in [1.82, 2.24) is 0 Å². The number of carbonyl (C=O) groups is 1. The summed E-state index contributed by atoms with van der Waals surface area (Å²) < 4.78 is 5.28. The third kappa shape index (κ3) is 1.51. The second-order valence-electron chi connectivity index (χ2n) is 3.50. The number of hydrogen-bond acceptors (Lipinski definition) is 3. The summed E-state index contributed by atoms with van der Waals surface area (Å²) in [4.78, 5) is 12.9. The minimum absolute atomic E-state index is 0.0290. The summed E-state index contributed by atoms with van der Waals surface area (Å²) in [6.45, 7) is 0. The van der Waals surface area contributed by atoms with Crippen molar-refractivity contribution in [1.29, 1.82) is 0 Å². The Bertz CT molecular complexity index is 522. The molecule has 0 fully saturated rings. The maximum atomic E-state index is 11.9. The van der Waals surface area contributed by atoms with Crippen LogP contribution in [0.1, 0.15) is 11.0 Å². The third-order valence-corrected chi connectivity index (χ3v) is 3.72. The molecular formula is C12H9NO2S. The quantitative estimate of drug-likeness (QED) is 0.820. The molecule has 1 aliphatic heterocycles. The Kier molecular flexibility index (Phi) is 2.22. The van der Waals surface area contributed by atoms with Gasteiger partial charge in [-0.05, 0) is 24.3 Å². The van der Waals surface area contributed by atoms with E-state index in [1.807, 2.05) is 30.3 Å². The molecule has 2 heterocycles. The fraction of sp³-hybridized carbons (Fsp3) is 0.0833. The van der Waals surface area contributed by atoms with Crippen molar-refractivity contribution in [3.8, 4) is 0 Å². The highest BCUT2D eigenvalue weighted by molar-refractivity contribution is 8.00. The minimum Gasteiger partial charge on any atom is -0.468 e. The summed E-state index contributed by atoms with van der Waals surface area (Å²) >= 11 is 1.52. The lowest BCUT2D eigenvalue weighted by molar-refractivity contribution is -0.116. The highest BCUT2D eigenvalue weighted by atomic mass is 32.2. The van der Waals surface area contributed by atoms with Crippen LogP contribution in [0.25, 0.3) is 0 Å². The van der Waals surface area contributed by atoms with E-state index in [9.17, 15) is 4.79 Å². The van der Waals surface area contributed by atoms with Gasteiger partial charge in [0.05, 0.1) is 12.0 Å². The molecule has 3 nitrogen and oxygen atoms in total. The van der Waals surface area contributed by atoms with Crippen LogP contribution in [0.3, 0.4) is 0 Å². The number of benzene rings is 1. The van der Waals surface area contributed by atoms with Gasteiger partial charge in [0.25, 0.3) is 0 Å². The van der Waals surface area contributed by atoms with E-state index in [0.29, 0.717) is 5.76 Å². The lowest BCUT2D eigenvalue weighted by Gasteiger charge is -2.22. The molecule has 1 aromatic heterocycles. The molecule has 1 N–H and O–H groups in total. The van der Waals surface area contributed by atoms with Gasteiger partial charge >= 0.3 is 0 Å². The molecule has 4 heteroatoms. The van der Waals surface area contributed by atoms with E-state index >= 15 is 0 Å². The Morgan fingerprint density at radius 1 is 1.19 bits per heavy atom. The van der Waals surface area contributed by atoms with Gasteiger partial charge in [-0.2, -0.15) is 0 Å². The first kappa shape index (κ1) is 9.54. The number of rotatable bonds is 1. The first-order chi connectivity index (χ1) is 7.84. The number of anilines is 1. The van der Waals surface area contributed by atoms with Gasteiger partial charge in [-0.3, -0.25) is 4.79 Å². The summed E-state index contributed by atoms with van der Waals surface area (Å²) in [5, 5.41) is 2.59. The topological polar surface area (TPSA) is 42.2 Å². The fourth-order valence-corrected chi connectivity index (χ4v) is 2.75. The SMILES string of the molecule is O=C1Nc2ccccc2SC1c1ccco1. The lowest BCUT2D eigenvalue weighted by atomic mass is 10.2. The summed E-state index contributed by atoms with van der Waals surface area (Å²) in [6, 6.07) is 11.4. The molecule has 0 saturated carbocycles. The first-order valence-electron chi connectivity index (χ1n) is 4.94. The predicted molar refractivity (Wildman–Crippen MR) is 62.4 cm³/mol. The molecule has 1 unspecified atom stereocenters. The Morgan fingerprint density at radius 3 is 2.88 bits per heavy atom. The van der Waals surface area contributed by atoms with Gasteiger partial charge in [0, 0.05) is 4.90 Å². The summed E-state index contributed by atoms with van der Waals surface area (Å²) in [7, 11) is 0. The molecule has 16 heavy (non-hydrogen) atoms. The molecular weight excluding hydrogens is 222 g/mol. The van der Waals surface area contributed by atoms with E-state index in [2.05, 4.69) is 5.32 Å². The Balaban J connectivity index is 1.98. The highest BCUT2D eigenvalue weighted by Gasteiger charge is 2.29. The number of nitrogens with one attached hydrogen (secondary N) is 1. The molecule has 2 aromatic rings. The van der Waals surface area contributed by atoms with Crippen molar-refractivity contribution >= 4 is 23.4 Å². The molecule has 80 valence electrons. The fourth-order valence-electron chi connectivity index (χ4n) is 1.68. The average Bonchev–Trinajstić information content (AvgIpc) is 2.81. The summed E-state index contributed by atoms with van der Waals surface area (Å²) in [5.74, 6) is 0.663. The molecule has 1 atom stereocenters. The number of furan rings is 1. The molecule has 0 aliphatic carbocycles. The number of amides is 1. The number of fused-ring (bicyclic) bond motifs is 1. The van der Waals surface area contributed by atoms with Gasteiger partial charge < -0.3 is 9.73 Å². The standard InChI is InChI=1S/C12H9NO2S/c14-12-11(9-5-3-7-15-9)16-10-6-2-1-4-8(10)13-12/h1-7,11H,(H,13,14). The van der Waals surface area contributed by atoms with Crippen molar-refractivity contribution in [3.05, 3.63) is 48.4 Å². The maximum absolute atomic E-state index is 11.9. The van der Waals surface area contributed by atoms with Crippen LogP contribution in [0.2, 0.25) is 0 Å². The van der Waals surface area contributed by atoms with Crippen LogP contribution in [0.4, 0.5) is 5.69 Å². The Labute approximate surface area is 96.8 Å². The van der Waals surface area contributed by atoms with E-state index < -0.39 is 0 Å². The van der Waals surface area contributed by atoms with Gasteiger partial charge in [-0.1, -0.05) is 12.1 Å². The van der Waals surface area contributed by atoms with Crippen LogP contribution in [-0.2, 0) is 4.79 Å². The smallest absolute Gasteiger partial charge is 0.245 e. The summed E-state index contributed by atoms with van der Waals surface area (Å²) in [6.07, 6.45) is 1.59. The largest absolute Gasteiger partial charge is 0.468 e. The van der Waals surface area contributed by atoms with E-state index in [0.717, 1.165) is 10.6 Å². The first-order valence-corrected chi connectivity index (χ1v) is 5.82. The van der Waals surface area contributed by atoms with Crippen LogP contribution < -0.4 is 5.32 Å². The van der Waals surface area contributed by atoms with Crippen LogP contribution >= 0.6 is 11.8 Å².